The number of ether oxygens (including phenoxy) is 1. The summed E-state index contributed by atoms with van der Waals surface area (Å²) in [5, 5.41) is 1.80. The van der Waals surface area contributed by atoms with Crippen LogP contribution in [0.3, 0.4) is 0 Å². The van der Waals surface area contributed by atoms with Crippen molar-refractivity contribution >= 4 is 39.5 Å². The van der Waals surface area contributed by atoms with E-state index in [0.717, 1.165) is 10.9 Å². The summed E-state index contributed by atoms with van der Waals surface area (Å²) in [6.45, 7) is 6.13. The van der Waals surface area contributed by atoms with Gasteiger partial charge in [0.2, 0.25) is 0 Å². The predicted molar refractivity (Wildman–Crippen MR) is 108 cm³/mol. The summed E-state index contributed by atoms with van der Waals surface area (Å²) < 4.78 is 33.2. The summed E-state index contributed by atoms with van der Waals surface area (Å²) in [6, 6.07) is 1.74. The number of nitrogens with zero attached hydrogens (tertiary/aromatic N) is 3. The van der Waals surface area contributed by atoms with E-state index in [1.165, 1.54) is 4.90 Å². The monoisotopic (exact) mass is 571 g/mol. The van der Waals surface area contributed by atoms with Gasteiger partial charge in [0.05, 0.1) is 0 Å². The van der Waals surface area contributed by atoms with Crippen LogP contribution in [0, 0.1) is 0 Å². The van der Waals surface area contributed by atoms with Gasteiger partial charge in [-0.05, 0) is 0 Å². The van der Waals surface area contributed by atoms with Crippen LogP contribution in [-0.2, 0) is 15.9 Å². The number of rotatable bonds is 6. The van der Waals surface area contributed by atoms with Crippen molar-refractivity contribution in [3.05, 3.63) is 29.2 Å². The number of nitrogens with one attached hydrogen (secondary N) is 1. The van der Waals surface area contributed by atoms with Crippen LogP contribution in [0.1, 0.15) is 30.4 Å². The molecule has 1 aliphatic rings. The molecule has 0 spiro atoms. The molecule has 1 N–H and O–H groups in total. The molecule has 1 fully saturated rings. The van der Waals surface area contributed by atoms with Gasteiger partial charge in [0.1, 0.15) is 0 Å². The van der Waals surface area contributed by atoms with Crippen molar-refractivity contribution in [3.63, 3.8) is 0 Å². The van der Waals surface area contributed by atoms with Crippen molar-refractivity contribution in [1.82, 2.24) is 19.6 Å². The molecule has 0 saturated carbocycles. The summed E-state index contributed by atoms with van der Waals surface area (Å²) in [6.07, 6.45) is 1.91. The molecule has 12 heteroatoms. The van der Waals surface area contributed by atoms with Gasteiger partial charge in [0, 0.05) is 0 Å². The molecule has 2 aromatic rings. The first kappa shape index (κ1) is 23.4. The Hall–Kier alpha value is -1.31. The van der Waals surface area contributed by atoms with Crippen LogP contribution in [0.4, 0.5) is 9.32 Å². The molecule has 2 aromatic heterocycles. The summed E-state index contributed by atoms with van der Waals surface area (Å²) in [5.41, 5.74) is 0.880. The van der Waals surface area contributed by atoms with Crippen LogP contribution < -0.4 is 30.7 Å². The number of hydrogen-bond donors (Lipinski definition) is 1. The molecule has 8 nitrogen and oxygen atoms in total. The van der Waals surface area contributed by atoms with E-state index in [2.05, 4.69) is 24.6 Å². The van der Waals surface area contributed by atoms with E-state index in [4.69, 9.17) is 16.3 Å². The van der Waals surface area contributed by atoms with Gasteiger partial charge in [-0.1, -0.05) is 0 Å². The van der Waals surface area contributed by atoms with Crippen molar-refractivity contribution in [2.75, 3.05) is 18.0 Å². The van der Waals surface area contributed by atoms with Gasteiger partial charge in [0.25, 0.3) is 0 Å². The normalized spacial score (nSPS) is 16.9. The zero-order chi connectivity index (χ0) is 22.1. The first-order valence-corrected chi connectivity index (χ1v) is 13.9. The molecule has 1 aliphatic heterocycles. The molecule has 0 bridgehead atoms. The van der Waals surface area contributed by atoms with Gasteiger partial charge >= 0.3 is 192 Å². The van der Waals surface area contributed by atoms with E-state index in [9.17, 15) is 13.5 Å². The van der Waals surface area contributed by atoms with Crippen LogP contribution >= 0.6 is 11.6 Å². The second-order valence-electron chi connectivity index (χ2n) is 7.64. The molecule has 1 saturated heterocycles. The second-order valence-corrected chi connectivity index (χ2v) is 12.5. The molecule has 1 unspecified atom stereocenters. The number of pyridine rings is 2. The Labute approximate surface area is 191 Å². The molecular formula is C18H22ClFIN4O4S-. The van der Waals surface area contributed by atoms with Gasteiger partial charge in [-0.2, -0.15) is 0 Å². The van der Waals surface area contributed by atoms with Gasteiger partial charge in [0.15, 0.2) is 0 Å². The SMILES string of the molecule is C[I-][C@H](NS(=O)C(C)(C)C)c1cnc(OC2CN(C(=O)OF)C2)c2cnc(Cl)cc12. The third kappa shape index (κ3) is 5.11. The first-order valence-electron chi connectivity index (χ1n) is 8.98. The first-order chi connectivity index (χ1) is 14.1. The number of fused-ring (bicyclic) bond motifs is 1. The summed E-state index contributed by atoms with van der Waals surface area (Å²) in [7, 11) is -1.24. The number of aromatic nitrogens is 2. The standard InChI is InChI=1S/C18H22ClFIN4O4S/c1-18(2,3)30(27)24-15(21-4)12-6-23-16(13-7-22-14(19)5-11(12)13)28-10-8-25(9-10)17(26)29-20/h5-7,10,15,24H,8-9H2,1-4H3/q-1/t15-,30?/m1/s1. The molecule has 2 atom stereocenters. The Morgan fingerprint density at radius 2 is 2.07 bits per heavy atom. The fourth-order valence-corrected chi connectivity index (χ4v) is 6.31. The Morgan fingerprint density at radius 1 is 1.37 bits per heavy atom. The molecule has 3 heterocycles. The molecule has 0 radical (unpaired) electrons. The number of halogens is 3. The zero-order valence-electron chi connectivity index (χ0n) is 16.8. The van der Waals surface area contributed by atoms with Crippen LogP contribution in [0.5, 0.6) is 5.88 Å². The Bertz CT molecular complexity index is 971. The van der Waals surface area contributed by atoms with E-state index in [1.807, 2.05) is 20.8 Å². The fraction of sp³-hybridized carbons (Fsp3) is 0.500. The van der Waals surface area contributed by atoms with Crippen LogP contribution in [0.15, 0.2) is 18.5 Å². The molecule has 3 rings (SSSR count). The molecule has 1 amide bonds. The van der Waals surface area contributed by atoms with E-state index in [1.54, 1.807) is 18.5 Å². The maximum atomic E-state index is 12.6. The van der Waals surface area contributed by atoms with E-state index >= 15 is 0 Å². The third-order valence-electron chi connectivity index (χ3n) is 4.44. The Balaban J connectivity index is 1.89. The molecular weight excluding hydrogens is 550 g/mol. The Kier molecular flexibility index (Phi) is 7.36. The number of carbonyl (C=O) groups is 1. The van der Waals surface area contributed by atoms with Crippen molar-refractivity contribution in [2.45, 2.75) is 35.7 Å². The number of amides is 1. The zero-order valence-corrected chi connectivity index (χ0v) is 20.5. The predicted octanol–water partition coefficient (Wildman–Crippen LogP) is 0.137. The second kappa shape index (κ2) is 9.45. The fourth-order valence-electron chi connectivity index (χ4n) is 2.77. The third-order valence-corrected chi connectivity index (χ3v) is 8.86. The van der Waals surface area contributed by atoms with Crippen LogP contribution in [0.2, 0.25) is 5.15 Å². The van der Waals surface area contributed by atoms with Crippen molar-refractivity contribution in [3.8, 4) is 5.88 Å². The molecule has 30 heavy (non-hydrogen) atoms. The molecule has 166 valence electrons. The van der Waals surface area contributed by atoms with Crippen molar-refractivity contribution < 1.29 is 44.4 Å². The van der Waals surface area contributed by atoms with Crippen molar-refractivity contribution in [2.24, 2.45) is 0 Å². The van der Waals surface area contributed by atoms with Crippen molar-refractivity contribution in [1.29, 1.82) is 0 Å². The van der Waals surface area contributed by atoms with Crippen LogP contribution in [0.25, 0.3) is 10.8 Å². The van der Waals surface area contributed by atoms with E-state index in [0.29, 0.717) is 16.4 Å². The average molecular weight is 572 g/mol. The van der Waals surface area contributed by atoms with Gasteiger partial charge in [-0.15, -0.1) is 0 Å². The van der Waals surface area contributed by atoms with Gasteiger partial charge in [-0.25, -0.2) is 0 Å². The quantitative estimate of drug-likeness (QED) is 0.230. The van der Waals surface area contributed by atoms with E-state index in [-0.39, 0.29) is 44.4 Å². The maximum absolute atomic E-state index is 12.6. The summed E-state index contributed by atoms with van der Waals surface area (Å²) in [5.74, 6) is 0.348. The number of carbonyl (C=O) groups excluding carboxylic acids is 1. The molecule has 0 aromatic carbocycles. The average Bonchev–Trinajstić information content (AvgIpc) is 2.67. The van der Waals surface area contributed by atoms with Gasteiger partial charge < -0.3 is 0 Å². The summed E-state index contributed by atoms with van der Waals surface area (Å²) >= 11 is 5.77. The molecule has 0 aliphatic carbocycles. The minimum atomic E-state index is -1.24. The van der Waals surface area contributed by atoms with Gasteiger partial charge in [-0.3, -0.25) is 0 Å². The van der Waals surface area contributed by atoms with Crippen LogP contribution in [-0.4, -0.2) is 54.0 Å². The summed E-state index contributed by atoms with van der Waals surface area (Å²) in [4.78, 5) is 26.2. The minimum absolute atomic E-state index is 0.107. The number of likely N-dealkylation sites (tertiary alicyclic amines) is 1. The van der Waals surface area contributed by atoms with E-state index < -0.39 is 21.8 Å². The topological polar surface area (TPSA) is 93.7 Å². The number of hydrogen-bond acceptors (Lipinski definition) is 6. The Morgan fingerprint density at radius 3 is 2.67 bits per heavy atom. The number of alkyl halides is 2.